The molecule has 2 nitrogen and oxygen atoms in total. The van der Waals surface area contributed by atoms with Crippen molar-refractivity contribution in [3.8, 4) is 0 Å². The molecule has 0 aromatic rings. The van der Waals surface area contributed by atoms with Gasteiger partial charge in [-0.05, 0) is 25.2 Å². The van der Waals surface area contributed by atoms with Crippen LogP contribution in [0.5, 0.6) is 0 Å². The first-order valence-electron chi connectivity index (χ1n) is 3.78. The summed E-state index contributed by atoms with van der Waals surface area (Å²) in [6.45, 7) is 1.05. The Kier molecular flexibility index (Phi) is 1.24. The van der Waals surface area contributed by atoms with E-state index in [-0.39, 0.29) is 6.10 Å². The van der Waals surface area contributed by atoms with Crippen LogP contribution < -0.4 is 5.32 Å². The SMILES string of the molecule is O[C@@H]1C[C@H]2CC[C@@H]1CN2. The molecule has 52 valence electrons. The van der Waals surface area contributed by atoms with Crippen molar-refractivity contribution in [1.29, 1.82) is 0 Å². The van der Waals surface area contributed by atoms with Crippen molar-refractivity contribution in [2.45, 2.75) is 31.4 Å². The highest BCUT2D eigenvalue weighted by Crippen LogP contribution is 2.28. The highest BCUT2D eigenvalue weighted by molar-refractivity contribution is 4.90. The van der Waals surface area contributed by atoms with E-state index in [2.05, 4.69) is 5.32 Å². The molecule has 2 saturated heterocycles. The van der Waals surface area contributed by atoms with E-state index in [1.165, 1.54) is 12.8 Å². The van der Waals surface area contributed by atoms with Gasteiger partial charge in [-0.3, -0.25) is 0 Å². The van der Waals surface area contributed by atoms with E-state index >= 15 is 0 Å². The van der Waals surface area contributed by atoms with Gasteiger partial charge >= 0.3 is 0 Å². The normalized spacial score (nSPS) is 49.7. The van der Waals surface area contributed by atoms with Crippen molar-refractivity contribution in [2.24, 2.45) is 5.92 Å². The monoisotopic (exact) mass is 127 g/mol. The Hall–Kier alpha value is -0.0800. The third-order valence-corrected chi connectivity index (χ3v) is 2.62. The van der Waals surface area contributed by atoms with Crippen molar-refractivity contribution in [1.82, 2.24) is 5.32 Å². The molecule has 2 heterocycles. The fourth-order valence-corrected chi connectivity index (χ4v) is 1.95. The number of piperidine rings is 2. The molecule has 3 aliphatic rings. The molecule has 3 rings (SSSR count). The minimum atomic E-state index is 0.00463. The standard InChI is InChI=1S/C7H13NO/c9-7-3-6-2-1-5(7)4-8-6/h5-9H,1-4H2/t5-,6-,7-/m1/s1. The summed E-state index contributed by atoms with van der Waals surface area (Å²) < 4.78 is 0. The van der Waals surface area contributed by atoms with Crippen LogP contribution in [0.25, 0.3) is 0 Å². The van der Waals surface area contributed by atoms with Gasteiger partial charge in [0.15, 0.2) is 0 Å². The molecule has 0 radical (unpaired) electrons. The Morgan fingerprint density at radius 1 is 1.33 bits per heavy atom. The fourth-order valence-electron chi connectivity index (χ4n) is 1.95. The van der Waals surface area contributed by atoms with Crippen LogP contribution in [0.2, 0.25) is 0 Å². The van der Waals surface area contributed by atoms with E-state index in [4.69, 9.17) is 0 Å². The Balaban J connectivity index is 2.06. The molecule has 1 aliphatic carbocycles. The van der Waals surface area contributed by atoms with Gasteiger partial charge in [-0.1, -0.05) is 0 Å². The van der Waals surface area contributed by atoms with Gasteiger partial charge in [0.25, 0.3) is 0 Å². The number of hydrogen-bond acceptors (Lipinski definition) is 2. The molecule has 2 N–H and O–H groups in total. The largest absolute Gasteiger partial charge is 0.393 e. The van der Waals surface area contributed by atoms with Gasteiger partial charge in [-0.2, -0.15) is 0 Å². The van der Waals surface area contributed by atoms with Gasteiger partial charge in [-0.25, -0.2) is 0 Å². The summed E-state index contributed by atoms with van der Waals surface area (Å²) in [6.07, 6.45) is 3.51. The van der Waals surface area contributed by atoms with E-state index < -0.39 is 0 Å². The molecule has 0 aromatic carbocycles. The van der Waals surface area contributed by atoms with Crippen molar-refractivity contribution in [3.63, 3.8) is 0 Å². The molecule has 2 bridgehead atoms. The molecule has 2 heteroatoms. The summed E-state index contributed by atoms with van der Waals surface area (Å²) in [4.78, 5) is 0. The third-order valence-electron chi connectivity index (χ3n) is 2.62. The zero-order chi connectivity index (χ0) is 6.27. The molecule has 9 heavy (non-hydrogen) atoms. The summed E-state index contributed by atoms with van der Waals surface area (Å²) in [5.74, 6) is 0.565. The Labute approximate surface area is 55.3 Å². The second-order valence-corrected chi connectivity index (χ2v) is 3.25. The first kappa shape index (κ1) is 5.69. The van der Waals surface area contributed by atoms with Crippen LogP contribution in [-0.2, 0) is 0 Å². The number of rotatable bonds is 0. The average molecular weight is 127 g/mol. The van der Waals surface area contributed by atoms with Crippen molar-refractivity contribution >= 4 is 0 Å². The number of nitrogens with one attached hydrogen (secondary N) is 1. The van der Waals surface area contributed by atoms with E-state index in [1.807, 2.05) is 0 Å². The van der Waals surface area contributed by atoms with E-state index in [0.29, 0.717) is 12.0 Å². The lowest BCUT2D eigenvalue weighted by molar-refractivity contribution is 0.0228. The highest BCUT2D eigenvalue weighted by Gasteiger charge is 2.33. The zero-order valence-electron chi connectivity index (χ0n) is 5.51. The Bertz CT molecular complexity index is 107. The first-order valence-corrected chi connectivity index (χ1v) is 3.78. The van der Waals surface area contributed by atoms with Crippen molar-refractivity contribution < 1.29 is 5.11 Å². The molecule has 0 unspecified atom stereocenters. The van der Waals surface area contributed by atoms with Crippen molar-refractivity contribution in [3.05, 3.63) is 0 Å². The third kappa shape index (κ3) is 0.864. The zero-order valence-corrected chi connectivity index (χ0v) is 5.51. The van der Waals surface area contributed by atoms with E-state index in [1.54, 1.807) is 0 Å². The van der Waals surface area contributed by atoms with Crippen LogP contribution >= 0.6 is 0 Å². The van der Waals surface area contributed by atoms with Gasteiger partial charge in [0.05, 0.1) is 6.10 Å². The molecule has 0 amide bonds. The number of aliphatic hydroxyl groups is 1. The maximum Gasteiger partial charge on any atom is 0.0595 e. The van der Waals surface area contributed by atoms with Gasteiger partial charge in [0, 0.05) is 12.6 Å². The predicted molar refractivity (Wildman–Crippen MR) is 35.1 cm³/mol. The van der Waals surface area contributed by atoms with Crippen molar-refractivity contribution in [2.75, 3.05) is 6.54 Å². The molecular formula is C7H13NO. The molecule has 1 saturated carbocycles. The molecular weight excluding hydrogens is 114 g/mol. The minimum absolute atomic E-state index is 0.00463. The quantitative estimate of drug-likeness (QED) is 0.484. The van der Waals surface area contributed by atoms with Gasteiger partial charge in [0.1, 0.15) is 0 Å². The lowest BCUT2D eigenvalue weighted by Crippen LogP contribution is -2.51. The maximum absolute atomic E-state index is 9.36. The lowest BCUT2D eigenvalue weighted by atomic mass is 9.79. The summed E-state index contributed by atoms with van der Waals surface area (Å²) in [6, 6.07) is 0.630. The van der Waals surface area contributed by atoms with Crippen LogP contribution in [0, 0.1) is 5.92 Å². The Morgan fingerprint density at radius 3 is 2.44 bits per heavy atom. The second-order valence-electron chi connectivity index (χ2n) is 3.25. The average Bonchev–Trinajstić information content (AvgIpc) is 1.90. The van der Waals surface area contributed by atoms with Crippen LogP contribution in [-0.4, -0.2) is 23.8 Å². The Morgan fingerprint density at radius 2 is 2.22 bits per heavy atom. The van der Waals surface area contributed by atoms with Crippen LogP contribution in [0.1, 0.15) is 19.3 Å². The second kappa shape index (κ2) is 1.96. The number of aliphatic hydroxyl groups excluding tert-OH is 1. The van der Waals surface area contributed by atoms with Crippen LogP contribution in [0.4, 0.5) is 0 Å². The molecule has 0 aromatic heterocycles. The van der Waals surface area contributed by atoms with Crippen LogP contribution in [0.15, 0.2) is 0 Å². The fraction of sp³-hybridized carbons (Fsp3) is 1.00. The lowest BCUT2D eigenvalue weighted by Gasteiger charge is -2.40. The summed E-state index contributed by atoms with van der Waals surface area (Å²) in [5.41, 5.74) is 0. The smallest absolute Gasteiger partial charge is 0.0595 e. The first-order chi connectivity index (χ1) is 4.36. The molecule has 3 atom stereocenters. The number of fused-ring (bicyclic) bond motifs is 3. The van der Waals surface area contributed by atoms with E-state index in [0.717, 1.165) is 13.0 Å². The highest BCUT2D eigenvalue weighted by atomic mass is 16.3. The van der Waals surface area contributed by atoms with Crippen LogP contribution in [0.3, 0.4) is 0 Å². The molecule has 2 aliphatic heterocycles. The minimum Gasteiger partial charge on any atom is -0.393 e. The van der Waals surface area contributed by atoms with Gasteiger partial charge in [-0.15, -0.1) is 0 Å². The summed E-state index contributed by atoms with van der Waals surface area (Å²) >= 11 is 0. The van der Waals surface area contributed by atoms with E-state index in [9.17, 15) is 5.11 Å². The topological polar surface area (TPSA) is 32.3 Å². The van der Waals surface area contributed by atoms with Gasteiger partial charge in [0.2, 0.25) is 0 Å². The molecule has 3 fully saturated rings. The summed E-state index contributed by atoms with van der Waals surface area (Å²) in [7, 11) is 0. The number of hydrogen-bond donors (Lipinski definition) is 2. The van der Waals surface area contributed by atoms with Gasteiger partial charge < -0.3 is 10.4 Å². The predicted octanol–water partition coefficient (Wildman–Crippen LogP) is 0.119. The summed E-state index contributed by atoms with van der Waals surface area (Å²) in [5, 5.41) is 12.7. The maximum atomic E-state index is 9.36. The molecule has 0 spiro atoms.